The fourth-order valence-corrected chi connectivity index (χ4v) is 3.46. The predicted molar refractivity (Wildman–Crippen MR) is 78.2 cm³/mol. The van der Waals surface area contributed by atoms with Crippen molar-refractivity contribution >= 4 is 29.1 Å². The van der Waals surface area contributed by atoms with Crippen molar-refractivity contribution in [1.29, 1.82) is 0 Å². The Balaban J connectivity index is 1.89. The molecule has 1 aliphatic rings. The molecular formula is C14H13ClN2S. The summed E-state index contributed by atoms with van der Waals surface area (Å²) in [5.41, 5.74) is 3.68. The zero-order chi connectivity index (χ0) is 12.4. The second-order valence-electron chi connectivity index (χ2n) is 4.25. The van der Waals surface area contributed by atoms with Crippen molar-refractivity contribution in [2.45, 2.75) is 11.8 Å². The molecule has 1 aliphatic heterocycles. The molecule has 18 heavy (non-hydrogen) atoms. The lowest BCUT2D eigenvalue weighted by Crippen LogP contribution is -2.18. The zero-order valence-corrected chi connectivity index (χ0v) is 11.3. The Bertz CT molecular complexity index is 559. The van der Waals surface area contributed by atoms with E-state index in [0.717, 1.165) is 17.2 Å². The smallest absolute Gasteiger partial charge is 0.152 e. The number of hydrogen-bond donors (Lipinski definition) is 1. The average Bonchev–Trinajstić information content (AvgIpc) is 2.42. The molecule has 92 valence electrons. The quantitative estimate of drug-likeness (QED) is 0.835. The topological polar surface area (TPSA) is 24.9 Å². The summed E-state index contributed by atoms with van der Waals surface area (Å²) >= 11 is 8.03. The Hall–Kier alpha value is -1.19. The maximum atomic E-state index is 6.09. The molecule has 1 N–H and O–H groups in total. The largest absolute Gasteiger partial charge is 0.375 e. The van der Waals surface area contributed by atoms with Gasteiger partial charge < -0.3 is 5.32 Å². The fraction of sp³-hybridized carbons (Fsp3) is 0.214. The lowest BCUT2D eigenvalue weighted by atomic mass is 10.0. The van der Waals surface area contributed by atoms with Crippen molar-refractivity contribution in [2.75, 3.05) is 11.1 Å². The first kappa shape index (κ1) is 11.9. The molecule has 4 heteroatoms. The highest BCUT2D eigenvalue weighted by Gasteiger charge is 2.20. The zero-order valence-electron chi connectivity index (χ0n) is 9.77. The van der Waals surface area contributed by atoms with Gasteiger partial charge in [0.05, 0.1) is 11.7 Å². The number of benzene rings is 1. The standard InChI is InChI=1S/C14H13ClN2S/c15-14-12(6-3-7-16-14)17-13-9-18-8-10-4-1-2-5-11(10)13/h1-7,13,17H,8-9H2. The predicted octanol–water partition coefficient (Wildman–Crippen LogP) is 4.14. The number of fused-ring (bicyclic) bond motifs is 1. The number of rotatable bonds is 2. The van der Waals surface area contributed by atoms with Gasteiger partial charge in [0.1, 0.15) is 0 Å². The third kappa shape index (κ3) is 2.33. The van der Waals surface area contributed by atoms with Crippen LogP contribution in [0.4, 0.5) is 5.69 Å². The number of nitrogens with one attached hydrogen (secondary N) is 1. The van der Waals surface area contributed by atoms with E-state index in [1.807, 2.05) is 23.9 Å². The molecule has 0 fully saturated rings. The highest BCUT2D eigenvalue weighted by molar-refractivity contribution is 7.98. The van der Waals surface area contributed by atoms with Gasteiger partial charge in [-0.15, -0.1) is 0 Å². The summed E-state index contributed by atoms with van der Waals surface area (Å²) in [6.07, 6.45) is 1.71. The Morgan fingerprint density at radius 2 is 2.11 bits per heavy atom. The van der Waals surface area contributed by atoms with Crippen LogP contribution in [0.15, 0.2) is 42.6 Å². The Kier molecular flexibility index (Phi) is 3.43. The number of thioether (sulfide) groups is 1. The maximum absolute atomic E-state index is 6.09. The monoisotopic (exact) mass is 276 g/mol. The van der Waals surface area contributed by atoms with Gasteiger partial charge in [0.2, 0.25) is 0 Å². The highest BCUT2D eigenvalue weighted by Crippen LogP contribution is 2.34. The van der Waals surface area contributed by atoms with Crippen LogP contribution in [0.2, 0.25) is 5.15 Å². The molecule has 0 radical (unpaired) electrons. The van der Waals surface area contributed by atoms with E-state index >= 15 is 0 Å². The van der Waals surface area contributed by atoms with Crippen molar-refractivity contribution in [3.05, 3.63) is 58.9 Å². The van der Waals surface area contributed by atoms with Crippen molar-refractivity contribution in [3.8, 4) is 0 Å². The number of nitrogens with zero attached hydrogens (tertiary/aromatic N) is 1. The average molecular weight is 277 g/mol. The highest BCUT2D eigenvalue weighted by atomic mass is 35.5. The molecule has 1 aromatic heterocycles. The van der Waals surface area contributed by atoms with Crippen molar-refractivity contribution in [1.82, 2.24) is 4.98 Å². The lowest BCUT2D eigenvalue weighted by molar-refractivity contribution is 0.869. The van der Waals surface area contributed by atoms with Gasteiger partial charge in [-0.3, -0.25) is 0 Å². The molecule has 0 saturated carbocycles. The molecule has 2 aromatic rings. The van der Waals surface area contributed by atoms with E-state index in [-0.39, 0.29) is 0 Å². The summed E-state index contributed by atoms with van der Waals surface area (Å²) in [6, 6.07) is 12.8. The summed E-state index contributed by atoms with van der Waals surface area (Å²) in [4.78, 5) is 4.10. The molecule has 0 saturated heterocycles. The van der Waals surface area contributed by atoms with Crippen LogP contribution < -0.4 is 5.32 Å². The van der Waals surface area contributed by atoms with Crippen LogP contribution >= 0.6 is 23.4 Å². The van der Waals surface area contributed by atoms with Crippen LogP contribution in [0.1, 0.15) is 17.2 Å². The normalized spacial score (nSPS) is 18.2. The third-order valence-electron chi connectivity index (χ3n) is 3.06. The van der Waals surface area contributed by atoms with E-state index in [2.05, 4.69) is 34.6 Å². The van der Waals surface area contributed by atoms with Gasteiger partial charge in [-0.2, -0.15) is 11.8 Å². The van der Waals surface area contributed by atoms with E-state index in [9.17, 15) is 0 Å². The Morgan fingerprint density at radius 1 is 1.22 bits per heavy atom. The fourth-order valence-electron chi connectivity index (χ4n) is 2.18. The summed E-state index contributed by atoms with van der Waals surface area (Å²) in [5.74, 6) is 2.15. The third-order valence-corrected chi connectivity index (χ3v) is 4.45. The minimum absolute atomic E-state index is 0.307. The van der Waals surface area contributed by atoms with E-state index in [1.54, 1.807) is 6.20 Å². The van der Waals surface area contributed by atoms with Gasteiger partial charge in [-0.05, 0) is 23.3 Å². The van der Waals surface area contributed by atoms with Gasteiger partial charge in [-0.25, -0.2) is 4.98 Å². The lowest BCUT2D eigenvalue weighted by Gasteiger charge is -2.27. The SMILES string of the molecule is Clc1ncccc1NC1CSCc2ccccc21. The molecule has 2 heterocycles. The van der Waals surface area contributed by atoms with Crippen molar-refractivity contribution in [3.63, 3.8) is 0 Å². The number of pyridine rings is 1. The van der Waals surface area contributed by atoms with Crippen LogP contribution in [0, 0.1) is 0 Å². The van der Waals surface area contributed by atoms with E-state index < -0.39 is 0 Å². The summed E-state index contributed by atoms with van der Waals surface area (Å²) in [7, 11) is 0. The molecule has 0 aliphatic carbocycles. The minimum atomic E-state index is 0.307. The van der Waals surface area contributed by atoms with Gasteiger partial charge >= 0.3 is 0 Å². The molecule has 1 unspecified atom stereocenters. The van der Waals surface area contributed by atoms with E-state index in [4.69, 9.17) is 11.6 Å². The molecule has 0 bridgehead atoms. The van der Waals surface area contributed by atoms with Gasteiger partial charge in [0.15, 0.2) is 5.15 Å². The van der Waals surface area contributed by atoms with Crippen LogP contribution in [0.5, 0.6) is 0 Å². The number of anilines is 1. The summed E-state index contributed by atoms with van der Waals surface area (Å²) in [6.45, 7) is 0. The first-order valence-corrected chi connectivity index (χ1v) is 7.40. The van der Waals surface area contributed by atoms with Crippen LogP contribution in [-0.4, -0.2) is 10.7 Å². The first-order chi connectivity index (χ1) is 8.84. The molecule has 1 atom stereocenters. The van der Waals surface area contributed by atoms with Crippen LogP contribution in [0.25, 0.3) is 0 Å². The number of halogens is 1. The molecule has 1 aromatic carbocycles. The second kappa shape index (κ2) is 5.21. The van der Waals surface area contributed by atoms with Crippen molar-refractivity contribution < 1.29 is 0 Å². The molecule has 0 amide bonds. The van der Waals surface area contributed by atoms with Gasteiger partial charge in [-0.1, -0.05) is 35.9 Å². The Morgan fingerprint density at radius 3 is 3.00 bits per heavy atom. The Labute approximate surface area is 116 Å². The molecule has 3 rings (SSSR count). The van der Waals surface area contributed by atoms with Gasteiger partial charge in [0.25, 0.3) is 0 Å². The van der Waals surface area contributed by atoms with Crippen molar-refractivity contribution in [2.24, 2.45) is 0 Å². The van der Waals surface area contributed by atoms with E-state index in [0.29, 0.717) is 11.2 Å². The van der Waals surface area contributed by atoms with E-state index in [1.165, 1.54) is 11.1 Å². The second-order valence-corrected chi connectivity index (χ2v) is 5.64. The molecular weight excluding hydrogens is 264 g/mol. The molecule has 2 nitrogen and oxygen atoms in total. The summed E-state index contributed by atoms with van der Waals surface area (Å²) in [5, 5.41) is 4.02. The minimum Gasteiger partial charge on any atom is -0.375 e. The number of aromatic nitrogens is 1. The van der Waals surface area contributed by atoms with Crippen LogP contribution in [0.3, 0.4) is 0 Å². The first-order valence-electron chi connectivity index (χ1n) is 5.87. The number of hydrogen-bond acceptors (Lipinski definition) is 3. The molecule has 0 spiro atoms. The summed E-state index contributed by atoms with van der Waals surface area (Å²) < 4.78 is 0. The van der Waals surface area contributed by atoms with Gasteiger partial charge in [0, 0.05) is 17.7 Å². The van der Waals surface area contributed by atoms with Crippen LogP contribution in [-0.2, 0) is 5.75 Å². The maximum Gasteiger partial charge on any atom is 0.152 e.